The van der Waals surface area contributed by atoms with Gasteiger partial charge in [-0.25, -0.2) is 0 Å². The highest BCUT2D eigenvalue weighted by atomic mass is 35.5. The average molecular weight is 367 g/mol. The minimum atomic E-state index is 0.0457. The molecule has 2 aromatic rings. The number of amides is 1. The second-order valence-corrected chi connectivity index (χ2v) is 6.70. The van der Waals surface area contributed by atoms with Crippen LogP contribution in [0, 0.1) is 0 Å². The van der Waals surface area contributed by atoms with E-state index in [4.69, 9.17) is 11.6 Å². The van der Waals surface area contributed by atoms with Crippen molar-refractivity contribution in [2.24, 2.45) is 0 Å². The zero-order chi connectivity index (χ0) is 18.2. The molecule has 4 heteroatoms. The van der Waals surface area contributed by atoms with Gasteiger partial charge in [-0.2, -0.15) is 0 Å². The molecule has 0 spiro atoms. The molecular weight excluding hydrogens is 344 g/mol. The SMILES string of the molecule is O=C(/C=C/c1ccccc1Cl)N1CCN(C/C=C/c2ccccc2)CC1. The minimum Gasteiger partial charge on any atom is -0.337 e. The number of halogens is 1. The van der Waals surface area contributed by atoms with Gasteiger partial charge in [0.15, 0.2) is 0 Å². The van der Waals surface area contributed by atoms with Gasteiger partial charge in [0, 0.05) is 43.8 Å². The maximum Gasteiger partial charge on any atom is 0.246 e. The second kappa shape index (κ2) is 9.37. The monoisotopic (exact) mass is 366 g/mol. The van der Waals surface area contributed by atoms with Crippen molar-refractivity contribution in [3.05, 3.63) is 82.9 Å². The molecular formula is C22H23ClN2O. The molecule has 0 saturated carbocycles. The lowest BCUT2D eigenvalue weighted by atomic mass is 10.2. The molecule has 1 heterocycles. The van der Waals surface area contributed by atoms with Crippen LogP contribution in [0.25, 0.3) is 12.2 Å². The van der Waals surface area contributed by atoms with Crippen molar-refractivity contribution in [2.45, 2.75) is 0 Å². The molecule has 0 unspecified atom stereocenters. The molecule has 1 amide bonds. The largest absolute Gasteiger partial charge is 0.337 e. The molecule has 134 valence electrons. The van der Waals surface area contributed by atoms with Gasteiger partial charge >= 0.3 is 0 Å². The summed E-state index contributed by atoms with van der Waals surface area (Å²) in [6.07, 6.45) is 7.74. The fourth-order valence-corrected chi connectivity index (χ4v) is 3.13. The number of piperazine rings is 1. The predicted octanol–water partition coefficient (Wildman–Crippen LogP) is 4.21. The maximum absolute atomic E-state index is 12.4. The normalized spacial score (nSPS) is 15.8. The van der Waals surface area contributed by atoms with Gasteiger partial charge < -0.3 is 4.90 Å². The Bertz CT molecular complexity index is 778. The van der Waals surface area contributed by atoms with Crippen molar-refractivity contribution in [3.63, 3.8) is 0 Å². The lowest BCUT2D eigenvalue weighted by Crippen LogP contribution is -2.48. The van der Waals surface area contributed by atoms with Gasteiger partial charge in [-0.1, -0.05) is 72.3 Å². The van der Waals surface area contributed by atoms with Crippen LogP contribution in [0.1, 0.15) is 11.1 Å². The average Bonchev–Trinajstić information content (AvgIpc) is 2.68. The van der Waals surface area contributed by atoms with E-state index in [0.717, 1.165) is 38.3 Å². The summed E-state index contributed by atoms with van der Waals surface area (Å²) in [4.78, 5) is 16.6. The molecule has 0 aromatic heterocycles. The molecule has 0 bridgehead atoms. The lowest BCUT2D eigenvalue weighted by Gasteiger charge is -2.33. The number of rotatable bonds is 5. The lowest BCUT2D eigenvalue weighted by molar-refractivity contribution is -0.127. The maximum atomic E-state index is 12.4. The first-order valence-corrected chi connectivity index (χ1v) is 9.25. The van der Waals surface area contributed by atoms with E-state index in [1.165, 1.54) is 5.56 Å². The Balaban J connectivity index is 1.45. The Hall–Kier alpha value is -2.36. The number of hydrogen-bond donors (Lipinski definition) is 0. The van der Waals surface area contributed by atoms with Gasteiger partial charge in [0.25, 0.3) is 0 Å². The molecule has 1 aliphatic rings. The summed E-state index contributed by atoms with van der Waals surface area (Å²) in [7, 11) is 0. The van der Waals surface area contributed by atoms with Crippen LogP contribution >= 0.6 is 11.6 Å². The van der Waals surface area contributed by atoms with Crippen LogP contribution in [0.3, 0.4) is 0 Å². The van der Waals surface area contributed by atoms with E-state index in [2.05, 4.69) is 29.2 Å². The number of benzene rings is 2. The molecule has 1 aliphatic heterocycles. The van der Waals surface area contributed by atoms with Crippen LogP contribution in [0.4, 0.5) is 0 Å². The van der Waals surface area contributed by atoms with Gasteiger partial charge in [-0.05, 0) is 23.3 Å². The Morgan fingerprint density at radius 1 is 0.923 bits per heavy atom. The van der Waals surface area contributed by atoms with E-state index in [-0.39, 0.29) is 5.91 Å². The third-order valence-electron chi connectivity index (χ3n) is 4.47. The summed E-state index contributed by atoms with van der Waals surface area (Å²) in [5, 5.41) is 0.659. The fraction of sp³-hybridized carbons (Fsp3) is 0.227. The molecule has 26 heavy (non-hydrogen) atoms. The quantitative estimate of drug-likeness (QED) is 0.740. The molecule has 0 atom stereocenters. The van der Waals surface area contributed by atoms with Crippen molar-refractivity contribution in [3.8, 4) is 0 Å². The fourth-order valence-electron chi connectivity index (χ4n) is 2.93. The molecule has 0 radical (unpaired) electrons. The van der Waals surface area contributed by atoms with Crippen molar-refractivity contribution in [1.29, 1.82) is 0 Å². The summed E-state index contributed by atoms with van der Waals surface area (Å²) in [6, 6.07) is 17.8. The zero-order valence-electron chi connectivity index (χ0n) is 14.7. The summed E-state index contributed by atoms with van der Waals surface area (Å²) in [6.45, 7) is 4.21. The highest BCUT2D eigenvalue weighted by molar-refractivity contribution is 6.32. The molecule has 1 fully saturated rings. The molecule has 2 aromatic carbocycles. The minimum absolute atomic E-state index is 0.0457. The Morgan fingerprint density at radius 2 is 1.62 bits per heavy atom. The van der Waals surface area contributed by atoms with Gasteiger partial charge in [0.2, 0.25) is 5.91 Å². The van der Waals surface area contributed by atoms with E-state index in [1.807, 2.05) is 47.4 Å². The molecule has 3 nitrogen and oxygen atoms in total. The number of nitrogens with zero attached hydrogens (tertiary/aromatic N) is 2. The van der Waals surface area contributed by atoms with Crippen LogP contribution in [0.5, 0.6) is 0 Å². The van der Waals surface area contributed by atoms with Crippen molar-refractivity contribution in [1.82, 2.24) is 9.80 Å². The highest BCUT2D eigenvalue weighted by Crippen LogP contribution is 2.16. The Kier molecular flexibility index (Phi) is 6.64. The van der Waals surface area contributed by atoms with E-state index < -0.39 is 0 Å². The summed E-state index contributed by atoms with van der Waals surface area (Å²) in [5.74, 6) is 0.0457. The van der Waals surface area contributed by atoms with Crippen LogP contribution in [-0.4, -0.2) is 48.4 Å². The number of hydrogen-bond acceptors (Lipinski definition) is 2. The summed E-state index contributed by atoms with van der Waals surface area (Å²) >= 11 is 6.12. The molecule has 0 aliphatic carbocycles. The van der Waals surface area contributed by atoms with Gasteiger partial charge in [-0.3, -0.25) is 9.69 Å². The van der Waals surface area contributed by atoms with Gasteiger partial charge in [-0.15, -0.1) is 0 Å². The van der Waals surface area contributed by atoms with Crippen LogP contribution in [0.15, 0.2) is 66.7 Å². The van der Waals surface area contributed by atoms with Crippen LogP contribution in [-0.2, 0) is 4.79 Å². The molecule has 3 rings (SSSR count). The first-order chi connectivity index (χ1) is 12.7. The third-order valence-corrected chi connectivity index (χ3v) is 4.81. The summed E-state index contributed by atoms with van der Waals surface area (Å²) in [5.41, 5.74) is 2.08. The first-order valence-electron chi connectivity index (χ1n) is 8.88. The Morgan fingerprint density at radius 3 is 2.35 bits per heavy atom. The number of carbonyl (C=O) groups is 1. The predicted molar refractivity (Wildman–Crippen MR) is 109 cm³/mol. The third kappa shape index (κ3) is 5.32. The van der Waals surface area contributed by atoms with Gasteiger partial charge in [0.1, 0.15) is 0 Å². The van der Waals surface area contributed by atoms with Crippen molar-refractivity contribution < 1.29 is 4.79 Å². The topological polar surface area (TPSA) is 23.6 Å². The highest BCUT2D eigenvalue weighted by Gasteiger charge is 2.18. The number of carbonyl (C=O) groups excluding carboxylic acids is 1. The first kappa shape index (κ1) is 18.4. The Labute approximate surface area is 160 Å². The zero-order valence-corrected chi connectivity index (χ0v) is 15.5. The van der Waals surface area contributed by atoms with Crippen molar-refractivity contribution in [2.75, 3.05) is 32.7 Å². The van der Waals surface area contributed by atoms with E-state index in [1.54, 1.807) is 12.2 Å². The summed E-state index contributed by atoms with van der Waals surface area (Å²) < 4.78 is 0. The smallest absolute Gasteiger partial charge is 0.246 e. The van der Waals surface area contributed by atoms with Crippen molar-refractivity contribution >= 4 is 29.7 Å². The molecule has 0 N–H and O–H groups in total. The van der Waals surface area contributed by atoms with E-state index in [9.17, 15) is 4.79 Å². The van der Waals surface area contributed by atoms with Crippen LogP contribution in [0.2, 0.25) is 5.02 Å². The molecule has 1 saturated heterocycles. The standard InChI is InChI=1S/C22H23ClN2O/c23-21-11-5-4-10-20(21)12-13-22(26)25-17-15-24(16-18-25)14-6-9-19-7-2-1-3-8-19/h1-13H,14-18H2/b9-6+,13-12+. The van der Waals surface area contributed by atoms with Gasteiger partial charge in [0.05, 0.1) is 0 Å². The van der Waals surface area contributed by atoms with E-state index >= 15 is 0 Å². The van der Waals surface area contributed by atoms with Crippen LogP contribution < -0.4 is 0 Å². The van der Waals surface area contributed by atoms with E-state index in [0.29, 0.717) is 5.02 Å². The second-order valence-electron chi connectivity index (χ2n) is 6.29.